The second-order valence-electron chi connectivity index (χ2n) is 7.94. The topological polar surface area (TPSA) is 27.0 Å². The first-order valence-electron chi connectivity index (χ1n) is 8.07. The second-order valence-corrected chi connectivity index (χ2v) is 7.94. The van der Waals surface area contributed by atoms with Crippen molar-refractivity contribution in [3.05, 3.63) is 0 Å². The van der Waals surface area contributed by atoms with Gasteiger partial charge in [0.1, 0.15) is 5.54 Å². The predicted molar refractivity (Wildman–Crippen MR) is 77.4 cm³/mol. The number of rotatable bonds is 3. The molecular formula is C17H28N2. The van der Waals surface area contributed by atoms with E-state index in [1.165, 1.54) is 32.1 Å². The van der Waals surface area contributed by atoms with E-state index in [-0.39, 0.29) is 5.54 Å². The Morgan fingerprint density at radius 2 is 1.47 bits per heavy atom. The van der Waals surface area contributed by atoms with Gasteiger partial charge in [0.15, 0.2) is 0 Å². The molecule has 19 heavy (non-hydrogen) atoms. The van der Waals surface area contributed by atoms with E-state index < -0.39 is 0 Å². The molecule has 0 aromatic rings. The van der Waals surface area contributed by atoms with E-state index in [1.54, 1.807) is 0 Å². The lowest BCUT2D eigenvalue weighted by Gasteiger charge is -2.60. The lowest BCUT2D eigenvalue weighted by Crippen LogP contribution is -2.62. The standard InChI is InChI=1S/C17H28N2/c1-11(2)17(10-18,19(3)4)16-14-6-12-5-13(8-14)9-15(16)7-12/h11-16H,5-9H2,1-4H3. The average molecular weight is 260 g/mol. The molecular weight excluding hydrogens is 232 g/mol. The van der Waals surface area contributed by atoms with Crippen LogP contribution in [0.1, 0.15) is 46.0 Å². The minimum absolute atomic E-state index is 0.247. The van der Waals surface area contributed by atoms with Crippen molar-refractivity contribution in [3.63, 3.8) is 0 Å². The van der Waals surface area contributed by atoms with Gasteiger partial charge in [-0.05, 0) is 81.7 Å². The molecule has 0 amide bonds. The average Bonchev–Trinajstić information content (AvgIpc) is 2.31. The first-order chi connectivity index (χ1) is 8.99. The fourth-order valence-corrected chi connectivity index (χ4v) is 6.15. The van der Waals surface area contributed by atoms with Crippen molar-refractivity contribution in [2.24, 2.45) is 35.5 Å². The SMILES string of the molecule is CC(C)C(C#N)(C1C2CC3CC(C2)CC1C3)N(C)C. The van der Waals surface area contributed by atoms with Crippen LogP contribution in [0.4, 0.5) is 0 Å². The summed E-state index contributed by atoms with van der Waals surface area (Å²) in [6.07, 6.45) is 7.11. The Morgan fingerprint density at radius 3 is 1.79 bits per heavy atom. The maximum absolute atomic E-state index is 10.0. The molecule has 0 aliphatic heterocycles. The van der Waals surface area contributed by atoms with Gasteiger partial charge in [0.05, 0.1) is 6.07 Å². The van der Waals surface area contributed by atoms with E-state index in [4.69, 9.17) is 0 Å². The van der Waals surface area contributed by atoms with Crippen molar-refractivity contribution >= 4 is 0 Å². The van der Waals surface area contributed by atoms with Crippen molar-refractivity contribution in [1.82, 2.24) is 4.90 Å². The number of hydrogen-bond acceptors (Lipinski definition) is 2. The fourth-order valence-electron chi connectivity index (χ4n) is 6.15. The van der Waals surface area contributed by atoms with Crippen LogP contribution in [0.15, 0.2) is 0 Å². The van der Waals surface area contributed by atoms with E-state index in [0.717, 1.165) is 23.7 Å². The maximum Gasteiger partial charge on any atom is 0.114 e. The van der Waals surface area contributed by atoms with E-state index in [1.807, 2.05) is 0 Å². The van der Waals surface area contributed by atoms with Crippen LogP contribution in [0.3, 0.4) is 0 Å². The normalized spacial score (nSPS) is 43.5. The summed E-state index contributed by atoms with van der Waals surface area (Å²) in [7, 11) is 4.24. The zero-order chi connectivity index (χ0) is 13.8. The van der Waals surface area contributed by atoms with Crippen LogP contribution >= 0.6 is 0 Å². The molecule has 4 saturated carbocycles. The van der Waals surface area contributed by atoms with Gasteiger partial charge in [0.25, 0.3) is 0 Å². The molecule has 0 N–H and O–H groups in total. The van der Waals surface area contributed by atoms with Crippen molar-refractivity contribution in [2.45, 2.75) is 51.5 Å². The predicted octanol–water partition coefficient (Wildman–Crippen LogP) is 3.54. The van der Waals surface area contributed by atoms with Crippen molar-refractivity contribution in [1.29, 1.82) is 5.26 Å². The molecule has 0 saturated heterocycles. The summed E-state index contributed by atoms with van der Waals surface area (Å²) in [5.41, 5.74) is -0.247. The molecule has 2 nitrogen and oxygen atoms in total. The maximum atomic E-state index is 10.0. The first kappa shape index (κ1) is 13.4. The van der Waals surface area contributed by atoms with Gasteiger partial charge < -0.3 is 0 Å². The molecule has 0 aromatic heterocycles. The van der Waals surface area contributed by atoms with Gasteiger partial charge in [0.2, 0.25) is 0 Å². The van der Waals surface area contributed by atoms with Gasteiger partial charge in [-0.15, -0.1) is 0 Å². The van der Waals surface area contributed by atoms with Gasteiger partial charge in [-0.2, -0.15) is 5.26 Å². The highest BCUT2D eigenvalue weighted by Gasteiger charge is 2.57. The summed E-state index contributed by atoms with van der Waals surface area (Å²) in [6, 6.07) is 2.77. The van der Waals surface area contributed by atoms with Gasteiger partial charge in [-0.3, -0.25) is 4.90 Å². The molecule has 1 atom stereocenters. The van der Waals surface area contributed by atoms with Gasteiger partial charge in [-0.25, -0.2) is 0 Å². The Morgan fingerprint density at radius 1 is 1.00 bits per heavy atom. The summed E-state index contributed by atoms with van der Waals surface area (Å²) in [5, 5.41) is 10.0. The summed E-state index contributed by atoms with van der Waals surface area (Å²) in [4.78, 5) is 2.24. The van der Waals surface area contributed by atoms with Crippen molar-refractivity contribution < 1.29 is 0 Å². The van der Waals surface area contributed by atoms with E-state index in [2.05, 4.69) is 38.9 Å². The monoisotopic (exact) mass is 260 g/mol. The Balaban J connectivity index is 1.98. The van der Waals surface area contributed by atoms with Crippen LogP contribution in [-0.4, -0.2) is 24.5 Å². The summed E-state index contributed by atoms with van der Waals surface area (Å²) in [5.74, 6) is 4.64. The van der Waals surface area contributed by atoms with E-state index >= 15 is 0 Å². The van der Waals surface area contributed by atoms with Crippen LogP contribution in [0.25, 0.3) is 0 Å². The largest absolute Gasteiger partial charge is 0.291 e. The Kier molecular flexibility index (Phi) is 3.17. The molecule has 0 aromatic carbocycles. The zero-order valence-corrected chi connectivity index (χ0v) is 12.9. The van der Waals surface area contributed by atoms with Gasteiger partial charge in [0, 0.05) is 0 Å². The van der Waals surface area contributed by atoms with Gasteiger partial charge >= 0.3 is 0 Å². The lowest BCUT2D eigenvalue weighted by atomic mass is 9.47. The highest BCUT2D eigenvalue weighted by Crippen LogP contribution is 2.60. The molecule has 1 unspecified atom stereocenters. The third kappa shape index (κ3) is 1.77. The van der Waals surface area contributed by atoms with Crippen LogP contribution in [-0.2, 0) is 0 Å². The fraction of sp³-hybridized carbons (Fsp3) is 0.941. The molecule has 2 heteroatoms. The highest BCUT2D eigenvalue weighted by molar-refractivity contribution is 5.18. The molecule has 4 aliphatic carbocycles. The Hall–Kier alpha value is -0.550. The lowest BCUT2D eigenvalue weighted by molar-refractivity contribution is -0.100. The minimum atomic E-state index is -0.247. The van der Waals surface area contributed by atoms with Crippen molar-refractivity contribution in [2.75, 3.05) is 14.1 Å². The summed E-state index contributed by atoms with van der Waals surface area (Å²) < 4.78 is 0. The number of hydrogen-bond donors (Lipinski definition) is 0. The molecule has 4 fully saturated rings. The molecule has 4 rings (SSSR count). The Bertz CT molecular complexity index is 355. The van der Waals surface area contributed by atoms with E-state index in [9.17, 15) is 5.26 Å². The quantitative estimate of drug-likeness (QED) is 0.776. The van der Waals surface area contributed by atoms with Crippen LogP contribution in [0, 0.1) is 46.8 Å². The zero-order valence-electron chi connectivity index (χ0n) is 12.9. The molecule has 4 bridgehead atoms. The molecule has 0 spiro atoms. The summed E-state index contributed by atoms with van der Waals surface area (Å²) in [6.45, 7) is 4.49. The highest BCUT2D eigenvalue weighted by atomic mass is 15.2. The van der Waals surface area contributed by atoms with Crippen LogP contribution in [0.2, 0.25) is 0 Å². The van der Waals surface area contributed by atoms with Gasteiger partial charge in [-0.1, -0.05) is 13.8 Å². The molecule has 4 aliphatic rings. The second kappa shape index (κ2) is 4.48. The van der Waals surface area contributed by atoms with Crippen molar-refractivity contribution in [3.8, 4) is 6.07 Å². The van der Waals surface area contributed by atoms with Crippen LogP contribution in [0.5, 0.6) is 0 Å². The minimum Gasteiger partial charge on any atom is -0.291 e. The molecule has 0 radical (unpaired) electrons. The summed E-state index contributed by atoms with van der Waals surface area (Å²) >= 11 is 0. The van der Waals surface area contributed by atoms with Crippen LogP contribution < -0.4 is 0 Å². The first-order valence-corrected chi connectivity index (χ1v) is 8.07. The number of nitrogens with zero attached hydrogens (tertiary/aromatic N) is 2. The van der Waals surface area contributed by atoms with E-state index in [0.29, 0.717) is 11.8 Å². The third-order valence-electron chi connectivity index (χ3n) is 6.53. The molecule has 0 heterocycles. The third-order valence-corrected chi connectivity index (χ3v) is 6.53. The smallest absolute Gasteiger partial charge is 0.114 e. The molecule has 106 valence electrons. The number of nitriles is 1. The Labute approximate surface area is 118 Å².